The summed E-state index contributed by atoms with van der Waals surface area (Å²) in [5.41, 5.74) is 0.344. The Kier molecular flexibility index (Phi) is 4.00. The summed E-state index contributed by atoms with van der Waals surface area (Å²) in [5.74, 6) is 0. The third-order valence-corrected chi connectivity index (χ3v) is 5.41. The minimum Gasteiger partial charge on any atom is -0.444 e. The summed E-state index contributed by atoms with van der Waals surface area (Å²) in [6, 6.07) is 7.86. The first kappa shape index (κ1) is 16.8. The first-order valence-electron chi connectivity index (χ1n) is 8.51. The molecule has 0 spiro atoms. The van der Waals surface area contributed by atoms with E-state index in [-0.39, 0.29) is 24.3 Å². The molecule has 3 heterocycles. The number of benzene rings is 1. The summed E-state index contributed by atoms with van der Waals surface area (Å²) >= 11 is 3.60. The van der Waals surface area contributed by atoms with Gasteiger partial charge in [-0.05, 0) is 44.7 Å². The van der Waals surface area contributed by atoms with Crippen molar-refractivity contribution in [2.24, 2.45) is 0 Å². The average molecular weight is 405 g/mol. The molecule has 25 heavy (non-hydrogen) atoms. The Morgan fingerprint density at radius 2 is 2.12 bits per heavy atom. The molecule has 1 amide bonds. The minimum absolute atomic E-state index is 0.0328. The molecular formula is C19H21BrN2O3. The third kappa shape index (κ3) is 2.91. The van der Waals surface area contributed by atoms with Gasteiger partial charge in [0.15, 0.2) is 0 Å². The Hall–Kier alpha value is -1.66. The van der Waals surface area contributed by atoms with Crippen LogP contribution in [0.2, 0.25) is 0 Å². The van der Waals surface area contributed by atoms with E-state index in [2.05, 4.69) is 20.9 Å². The molecule has 0 unspecified atom stereocenters. The second kappa shape index (κ2) is 5.95. The zero-order chi connectivity index (χ0) is 17.8. The Balaban J connectivity index is 1.78. The summed E-state index contributed by atoms with van der Waals surface area (Å²) in [7, 11) is 0. The Bertz CT molecular complexity index is 833. The van der Waals surface area contributed by atoms with Crippen LogP contribution >= 0.6 is 15.9 Å². The number of hydrogen-bond donors (Lipinski definition) is 0. The lowest BCUT2D eigenvalue weighted by Gasteiger charge is -2.36. The molecular weight excluding hydrogens is 384 g/mol. The first-order valence-corrected chi connectivity index (χ1v) is 9.30. The van der Waals surface area contributed by atoms with Crippen LogP contribution < -0.4 is 0 Å². The maximum absolute atomic E-state index is 12.8. The zero-order valence-electron chi connectivity index (χ0n) is 14.5. The molecule has 2 fully saturated rings. The number of likely N-dealkylation sites (tertiary alicyclic amines) is 1. The molecule has 6 heteroatoms. The molecule has 0 saturated carbocycles. The molecule has 132 valence electrons. The van der Waals surface area contributed by atoms with Crippen LogP contribution in [0.15, 0.2) is 34.9 Å². The van der Waals surface area contributed by atoms with Gasteiger partial charge in [-0.15, -0.1) is 0 Å². The zero-order valence-corrected chi connectivity index (χ0v) is 16.1. The van der Waals surface area contributed by atoms with Crippen molar-refractivity contribution in [2.75, 3.05) is 6.61 Å². The highest BCUT2D eigenvalue weighted by Crippen LogP contribution is 2.45. The maximum atomic E-state index is 12.8. The smallest absolute Gasteiger partial charge is 0.411 e. The van der Waals surface area contributed by atoms with Crippen LogP contribution in [0.3, 0.4) is 0 Å². The lowest BCUT2D eigenvalue weighted by atomic mass is 10.0. The molecule has 5 nitrogen and oxygen atoms in total. The highest BCUT2D eigenvalue weighted by atomic mass is 79.9. The van der Waals surface area contributed by atoms with Crippen molar-refractivity contribution in [3.63, 3.8) is 0 Å². The molecule has 2 aliphatic heterocycles. The van der Waals surface area contributed by atoms with Gasteiger partial charge in [-0.1, -0.05) is 28.1 Å². The van der Waals surface area contributed by atoms with Crippen molar-refractivity contribution < 1.29 is 14.3 Å². The van der Waals surface area contributed by atoms with E-state index >= 15 is 0 Å². The number of fused-ring (bicyclic) bond motifs is 3. The van der Waals surface area contributed by atoms with Gasteiger partial charge in [0, 0.05) is 16.1 Å². The Morgan fingerprint density at radius 1 is 1.32 bits per heavy atom. The van der Waals surface area contributed by atoms with Crippen LogP contribution in [-0.4, -0.2) is 40.3 Å². The molecule has 0 radical (unpaired) electrons. The molecule has 2 saturated heterocycles. The van der Waals surface area contributed by atoms with Crippen molar-refractivity contribution in [1.29, 1.82) is 0 Å². The van der Waals surface area contributed by atoms with Crippen LogP contribution in [0, 0.1) is 0 Å². The molecule has 3 atom stereocenters. The number of ether oxygens (including phenoxy) is 2. The van der Waals surface area contributed by atoms with E-state index in [9.17, 15) is 4.79 Å². The fraction of sp³-hybridized carbons (Fsp3) is 0.474. The van der Waals surface area contributed by atoms with Gasteiger partial charge in [0.2, 0.25) is 0 Å². The quantitative estimate of drug-likeness (QED) is 0.704. The molecule has 1 aromatic carbocycles. The Morgan fingerprint density at radius 3 is 2.88 bits per heavy atom. The first-order chi connectivity index (χ1) is 11.8. The number of rotatable bonds is 1. The Labute approximate surface area is 155 Å². The predicted molar refractivity (Wildman–Crippen MR) is 98.4 cm³/mol. The SMILES string of the molecule is CC(C)(C)OC(=O)N1[C@H]2CO[C@H](C2)[C@H]1c1nccc2c(Br)cccc12. The van der Waals surface area contributed by atoms with Gasteiger partial charge in [0.25, 0.3) is 0 Å². The minimum atomic E-state index is -0.528. The number of halogens is 1. The van der Waals surface area contributed by atoms with Gasteiger partial charge in [-0.25, -0.2) is 4.79 Å². The highest BCUT2D eigenvalue weighted by molar-refractivity contribution is 9.10. The number of morpholine rings is 1. The number of nitrogens with zero attached hydrogens (tertiary/aromatic N) is 2. The van der Waals surface area contributed by atoms with Crippen LogP contribution in [0.1, 0.15) is 38.9 Å². The van der Waals surface area contributed by atoms with E-state index in [0.29, 0.717) is 6.61 Å². The standard InChI is InChI=1S/C19H21BrN2O3/c1-19(2,3)25-18(23)22-11-9-15(24-10-11)17(22)16-13-5-4-6-14(20)12(13)7-8-21-16/h4-8,11,15,17H,9-10H2,1-3H3/t11-,15-,17+/m1/s1. The van der Waals surface area contributed by atoms with E-state index in [1.165, 1.54) is 0 Å². The summed E-state index contributed by atoms with van der Waals surface area (Å²) in [5, 5.41) is 2.12. The van der Waals surface area contributed by atoms with E-state index in [1.807, 2.05) is 49.9 Å². The number of pyridine rings is 1. The average Bonchev–Trinajstić information content (AvgIpc) is 3.14. The van der Waals surface area contributed by atoms with Crippen molar-refractivity contribution in [3.05, 3.63) is 40.6 Å². The summed E-state index contributed by atoms with van der Waals surface area (Å²) < 4.78 is 12.6. The predicted octanol–water partition coefficient (Wildman–Crippen LogP) is 4.45. The van der Waals surface area contributed by atoms with Crippen LogP contribution in [0.4, 0.5) is 4.79 Å². The fourth-order valence-corrected chi connectivity index (χ4v) is 4.27. The largest absolute Gasteiger partial charge is 0.444 e. The van der Waals surface area contributed by atoms with Gasteiger partial charge >= 0.3 is 6.09 Å². The monoisotopic (exact) mass is 404 g/mol. The summed E-state index contributed by atoms with van der Waals surface area (Å²) in [6.45, 7) is 6.23. The van der Waals surface area contributed by atoms with Gasteiger partial charge in [0.05, 0.1) is 24.4 Å². The highest BCUT2D eigenvalue weighted by Gasteiger charge is 2.52. The van der Waals surface area contributed by atoms with E-state index in [4.69, 9.17) is 9.47 Å². The molecule has 0 N–H and O–H groups in total. The summed E-state index contributed by atoms with van der Waals surface area (Å²) in [4.78, 5) is 19.3. The van der Waals surface area contributed by atoms with Crippen LogP contribution in [-0.2, 0) is 9.47 Å². The van der Waals surface area contributed by atoms with Gasteiger partial charge in [-0.2, -0.15) is 0 Å². The van der Waals surface area contributed by atoms with Crippen molar-refractivity contribution in [1.82, 2.24) is 9.88 Å². The van der Waals surface area contributed by atoms with Crippen LogP contribution in [0.25, 0.3) is 10.8 Å². The topological polar surface area (TPSA) is 51.7 Å². The third-order valence-electron chi connectivity index (χ3n) is 4.72. The van der Waals surface area contributed by atoms with Crippen molar-refractivity contribution in [2.45, 2.75) is 51.0 Å². The molecule has 2 aliphatic rings. The van der Waals surface area contributed by atoms with Crippen molar-refractivity contribution in [3.8, 4) is 0 Å². The van der Waals surface area contributed by atoms with E-state index in [0.717, 1.165) is 27.4 Å². The molecule has 1 aromatic heterocycles. The van der Waals surface area contributed by atoms with Gasteiger partial charge in [0.1, 0.15) is 11.6 Å². The van der Waals surface area contributed by atoms with Crippen LogP contribution in [0.5, 0.6) is 0 Å². The lowest BCUT2D eigenvalue weighted by Crippen LogP contribution is -2.46. The maximum Gasteiger partial charge on any atom is 0.411 e. The van der Waals surface area contributed by atoms with Gasteiger partial charge < -0.3 is 9.47 Å². The molecule has 0 aliphatic carbocycles. The summed E-state index contributed by atoms with van der Waals surface area (Å²) in [6.07, 6.45) is 2.30. The number of carbonyl (C=O) groups is 1. The number of hydrogen-bond acceptors (Lipinski definition) is 4. The molecule has 2 bridgehead atoms. The van der Waals surface area contributed by atoms with Crippen molar-refractivity contribution >= 4 is 32.8 Å². The van der Waals surface area contributed by atoms with E-state index < -0.39 is 5.60 Å². The second-order valence-corrected chi connectivity index (χ2v) is 8.48. The second-order valence-electron chi connectivity index (χ2n) is 7.62. The lowest BCUT2D eigenvalue weighted by molar-refractivity contribution is -0.0372. The van der Waals surface area contributed by atoms with Gasteiger partial charge in [-0.3, -0.25) is 9.88 Å². The number of amides is 1. The number of aromatic nitrogens is 1. The number of carbonyl (C=O) groups excluding carboxylic acids is 1. The molecule has 4 rings (SSSR count). The van der Waals surface area contributed by atoms with E-state index in [1.54, 1.807) is 6.20 Å². The fourth-order valence-electron chi connectivity index (χ4n) is 3.77. The normalized spacial score (nSPS) is 25.6. The molecule has 2 aromatic rings.